The summed E-state index contributed by atoms with van der Waals surface area (Å²) in [6.07, 6.45) is 4.14. The van der Waals surface area contributed by atoms with Crippen molar-refractivity contribution in [2.75, 3.05) is 66.1 Å². The normalized spacial score (nSPS) is 21.7. The first-order valence-corrected chi connectivity index (χ1v) is 10.2. The molecule has 0 amide bonds. The topological polar surface area (TPSA) is 69.4 Å². The number of hydrogen-bond donors (Lipinski definition) is 1. The summed E-state index contributed by atoms with van der Waals surface area (Å²) in [6.45, 7) is 11.7. The Labute approximate surface area is 185 Å². The molecule has 0 spiro atoms. The third-order valence-electron chi connectivity index (χ3n) is 5.42. The third kappa shape index (κ3) is 6.85. The van der Waals surface area contributed by atoms with Gasteiger partial charge >= 0.3 is 0 Å². The van der Waals surface area contributed by atoms with Crippen LogP contribution in [-0.2, 0) is 11.3 Å². The molecule has 2 fully saturated rings. The summed E-state index contributed by atoms with van der Waals surface area (Å²) in [5.41, 5.74) is 1.00. The van der Waals surface area contributed by atoms with Crippen molar-refractivity contribution in [3.63, 3.8) is 0 Å². The van der Waals surface area contributed by atoms with Gasteiger partial charge < -0.3 is 19.5 Å². The fourth-order valence-corrected chi connectivity index (χ4v) is 3.89. The zero-order valence-corrected chi connectivity index (χ0v) is 19.5. The summed E-state index contributed by atoms with van der Waals surface area (Å²) >= 11 is 0. The van der Waals surface area contributed by atoms with Crippen molar-refractivity contribution in [2.45, 2.75) is 32.4 Å². The molecule has 0 aliphatic carbocycles. The lowest BCUT2D eigenvalue weighted by molar-refractivity contribution is 0.142. The van der Waals surface area contributed by atoms with E-state index < -0.39 is 0 Å². The van der Waals surface area contributed by atoms with Crippen molar-refractivity contribution >= 4 is 29.9 Å². The van der Waals surface area contributed by atoms with Gasteiger partial charge in [0.15, 0.2) is 5.96 Å². The Morgan fingerprint density at radius 1 is 1.32 bits per heavy atom. The molecule has 2 aliphatic heterocycles. The first kappa shape index (κ1) is 23.4. The van der Waals surface area contributed by atoms with Crippen LogP contribution in [0.1, 0.15) is 25.5 Å². The zero-order valence-electron chi connectivity index (χ0n) is 17.2. The van der Waals surface area contributed by atoms with Gasteiger partial charge in [0.05, 0.1) is 18.8 Å². The van der Waals surface area contributed by atoms with E-state index in [0.717, 1.165) is 70.6 Å². The highest BCUT2D eigenvalue weighted by Crippen LogP contribution is 2.17. The molecule has 2 aliphatic rings. The lowest BCUT2D eigenvalue weighted by Crippen LogP contribution is -2.52. The second-order valence-corrected chi connectivity index (χ2v) is 7.27. The highest BCUT2D eigenvalue weighted by Gasteiger charge is 2.25. The number of halogens is 1. The minimum absolute atomic E-state index is 0. The Bertz CT molecular complexity index is 563. The van der Waals surface area contributed by atoms with Gasteiger partial charge in [-0.25, -0.2) is 0 Å². The van der Waals surface area contributed by atoms with Gasteiger partial charge in [0, 0.05) is 65.0 Å². The van der Waals surface area contributed by atoms with Gasteiger partial charge in [0.1, 0.15) is 6.26 Å². The van der Waals surface area contributed by atoms with Gasteiger partial charge in [-0.1, -0.05) is 5.16 Å². The number of likely N-dealkylation sites (tertiary alicyclic amines) is 1. The molecule has 28 heavy (non-hydrogen) atoms. The number of ether oxygens (including phenoxy) is 1. The highest BCUT2D eigenvalue weighted by molar-refractivity contribution is 14.0. The molecule has 2 saturated heterocycles. The predicted molar refractivity (Wildman–Crippen MR) is 121 cm³/mol. The van der Waals surface area contributed by atoms with E-state index in [4.69, 9.17) is 14.3 Å². The van der Waals surface area contributed by atoms with E-state index in [1.807, 2.05) is 6.07 Å². The molecule has 8 nitrogen and oxygen atoms in total. The van der Waals surface area contributed by atoms with Gasteiger partial charge in [-0.05, 0) is 26.3 Å². The molecule has 9 heteroatoms. The van der Waals surface area contributed by atoms with Crippen LogP contribution in [0.15, 0.2) is 21.8 Å². The standard InChI is InChI=1S/C19H34N6O2.HI/c1-3-20-19(21-15-18-5-4-7-24(18)12-14-26-2)25-10-8-23(9-11-25)16-17-6-13-27-22-17;/h6,13,18H,3-5,7-12,14-16H2,1-2H3,(H,20,21);1H. The largest absolute Gasteiger partial charge is 0.383 e. The molecule has 0 radical (unpaired) electrons. The quantitative estimate of drug-likeness (QED) is 0.326. The summed E-state index contributed by atoms with van der Waals surface area (Å²) < 4.78 is 10.2. The van der Waals surface area contributed by atoms with Gasteiger partial charge in [-0.3, -0.25) is 14.8 Å². The number of hydrogen-bond acceptors (Lipinski definition) is 6. The first-order chi connectivity index (χ1) is 13.3. The van der Waals surface area contributed by atoms with E-state index in [2.05, 4.69) is 32.1 Å². The fraction of sp³-hybridized carbons (Fsp3) is 0.789. The van der Waals surface area contributed by atoms with Crippen molar-refractivity contribution in [2.24, 2.45) is 4.99 Å². The molecule has 1 N–H and O–H groups in total. The van der Waals surface area contributed by atoms with Crippen LogP contribution in [-0.4, -0.2) is 97.9 Å². The van der Waals surface area contributed by atoms with Crippen molar-refractivity contribution in [3.8, 4) is 0 Å². The Balaban J connectivity index is 0.00000280. The molecule has 1 aromatic rings. The van der Waals surface area contributed by atoms with Crippen LogP contribution in [0.2, 0.25) is 0 Å². The second kappa shape index (κ2) is 12.6. The van der Waals surface area contributed by atoms with Crippen molar-refractivity contribution in [3.05, 3.63) is 18.0 Å². The Hall–Kier alpha value is -0.910. The number of nitrogens with zero attached hydrogens (tertiary/aromatic N) is 5. The second-order valence-electron chi connectivity index (χ2n) is 7.27. The molecule has 3 rings (SSSR count). The predicted octanol–water partition coefficient (Wildman–Crippen LogP) is 1.49. The Morgan fingerprint density at radius 2 is 2.14 bits per heavy atom. The van der Waals surface area contributed by atoms with Gasteiger partial charge in [-0.15, -0.1) is 24.0 Å². The number of piperazine rings is 1. The molecule has 1 atom stereocenters. The highest BCUT2D eigenvalue weighted by atomic mass is 127. The summed E-state index contributed by atoms with van der Waals surface area (Å²) in [7, 11) is 1.77. The minimum Gasteiger partial charge on any atom is -0.383 e. The SMILES string of the molecule is CCNC(=NCC1CCCN1CCOC)N1CCN(Cc2ccon2)CC1.I. The smallest absolute Gasteiger partial charge is 0.194 e. The van der Waals surface area contributed by atoms with E-state index in [9.17, 15) is 0 Å². The summed E-state index contributed by atoms with van der Waals surface area (Å²) in [4.78, 5) is 12.3. The van der Waals surface area contributed by atoms with Crippen molar-refractivity contribution in [1.82, 2.24) is 25.2 Å². The van der Waals surface area contributed by atoms with E-state index in [1.54, 1.807) is 13.4 Å². The number of aromatic nitrogens is 1. The van der Waals surface area contributed by atoms with Crippen LogP contribution in [0.25, 0.3) is 0 Å². The van der Waals surface area contributed by atoms with Gasteiger partial charge in [0.25, 0.3) is 0 Å². The molecular weight excluding hydrogens is 471 g/mol. The van der Waals surface area contributed by atoms with Crippen molar-refractivity contribution in [1.29, 1.82) is 0 Å². The van der Waals surface area contributed by atoms with Crippen LogP contribution in [0, 0.1) is 0 Å². The van der Waals surface area contributed by atoms with E-state index >= 15 is 0 Å². The summed E-state index contributed by atoms with van der Waals surface area (Å²) in [6, 6.07) is 2.48. The maximum Gasteiger partial charge on any atom is 0.194 e. The lowest BCUT2D eigenvalue weighted by Gasteiger charge is -2.36. The minimum atomic E-state index is 0. The van der Waals surface area contributed by atoms with Crippen molar-refractivity contribution < 1.29 is 9.26 Å². The zero-order chi connectivity index (χ0) is 18.9. The Kier molecular flexibility index (Phi) is 10.5. The molecule has 3 heterocycles. The van der Waals surface area contributed by atoms with Gasteiger partial charge in [-0.2, -0.15) is 0 Å². The van der Waals surface area contributed by atoms with Gasteiger partial charge in [0.2, 0.25) is 0 Å². The lowest BCUT2D eigenvalue weighted by atomic mass is 10.2. The molecule has 160 valence electrons. The molecular formula is C19H35IN6O2. The van der Waals surface area contributed by atoms with Crippen LogP contribution >= 0.6 is 24.0 Å². The fourth-order valence-electron chi connectivity index (χ4n) is 3.89. The summed E-state index contributed by atoms with van der Waals surface area (Å²) in [5.74, 6) is 1.05. The van der Waals surface area contributed by atoms with Crippen LogP contribution < -0.4 is 5.32 Å². The number of guanidine groups is 1. The molecule has 1 aromatic heterocycles. The molecule has 0 bridgehead atoms. The van der Waals surface area contributed by atoms with Crippen LogP contribution in [0.5, 0.6) is 0 Å². The van der Waals surface area contributed by atoms with E-state index in [-0.39, 0.29) is 24.0 Å². The Morgan fingerprint density at radius 3 is 2.82 bits per heavy atom. The average Bonchev–Trinajstić information content (AvgIpc) is 3.36. The number of aliphatic imine (C=N–C) groups is 1. The van der Waals surface area contributed by atoms with E-state index in [0.29, 0.717) is 6.04 Å². The monoisotopic (exact) mass is 506 g/mol. The molecule has 1 unspecified atom stereocenters. The summed E-state index contributed by atoms with van der Waals surface area (Å²) in [5, 5.41) is 7.50. The number of rotatable bonds is 8. The van der Waals surface area contributed by atoms with E-state index in [1.165, 1.54) is 19.4 Å². The van der Waals surface area contributed by atoms with Crippen LogP contribution in [0.4, 0.5) is 0 Å². The van der Waals surface area contributed by atoms with Crippen LogP contribution in [0.3, 0.4) is 0 Å². The molecule has 0 aromatic carbocycles. The third-order valence-corrected chi connectivity index (χ3v) is 5.42. The maximum absolute atomic E-state index is 5.25. The molecule has 0 saturated carbocycles. The number of methoxy groups -OCH3 is 1. The average molecular weight is 506 g/mol. The first-order valence-electron chi connectivity index (χ1n) is 10.2. The number of nitrogens with one attached hydrogen (secondary N) is 1. The maximum atomic E-state index is 5.25.